The van der Waals surface area contributed by atoms with Gasteiger partial charge in [-0.1, -0.05) is 20.8 Å². The van der Waals surface area contributed by atoms with Crippen LogP contribution in [0, 0.1) is 0 Å². The van der Waals surface area contributed by atoms with Crippen LogP contribution in [0.15, 0.2) is 0 Å². The lowest BCUT2D eigenvalue weighted by Crippen LogP contribution is -2.61. The maximum absolute atomic E-state index is 15.2. The number of fused-ring (bicyclic) bond motifs is 7. The third kappa shape index (κ3) is 8.09. The van der Waals surface area contributed by atoms with Crippen LogP contribution in [0.3, 0.4) is 0 Å². The number of carbonyl (C=O) groups is 7. The highest BCUT2D eigenvalue weighted by molar-refractivity contribution is 6.74. The molecule has 8 rings (SSSR count). The molecular weight excluding hydrogens is 809 g/mol. The summed E-state index contributed by atoms with van der Waals surface area (Å²) in [6.07, 6.45) is 6.74. The monoisotopic (exact) mass is 881 g/mol. The zero-order valence-electron chi connectivity index (χ0n) is 38.5. The molecule has 0 aromatic carbocycles. The molecule has 0 spiro atoms. The molecule has 0 aromatic heterocycles. The van der Waals surface area contributed by atoms with Crippen molar-refractivity contribution in [2.75, 3.05) is 45.9 Å². The first-order chi connectivity index (χ1) is 29.2. The van der Waals surface area contributed by atoms with Gasteiger partial charge in [0.15, 0.2) is 8.32 Å². The van der Waals surface area contributed by atoms with Gasteiger partial charge in [0.2, 0.25) is 41.4 Å². The van der Waals surface area contributed by atoms with Crippen LogP contribution in [-0.4, -0.2) is 190 Å². The Kier molecular flexibility index (Phi) is 12.2. The van der Waals surface area contributed by atoms with Crippen molar-refractivity contribution < 1.29 is 38.0 Å². The van der Waals surface area contributed by atoms with Gasteiger partial charge in [-0.05, 0) is 122 Å². The van der Waals surface area contributed by atoms with Gasteiger partial charge in [-0.15, -0.1) is 0 Å². The molecule has 0 aliphatic carbocycles. The standard InChI is InChI=1S/C45H72N8O8Si/c1-44(2,3)46-37(54)36-35-34(27-61-62(7,8)45(4,5)6)53(35)43(60)33-20-14-26-52(33)42(59)32-19-13-25-51(32)41(58)31-18-12-24-50(31)40(57)30-17-11-23-49(30)39(56)29-16-10-22-48(29)38(55)28-15-9-21-47(28)36/h28-36H,9-27H2,1-8H3,(H,46,54)/t28-,29-,30-,31-,32-,33-,34+,35-,36-,53?/m0/s1. The predicted molar refractivity (Wildman–Crippen MR) is 233 cm³/mol. The van der Waals surface area contributed by atoms with Gasteiger partial charge in [0.25, 0.3) is 0 Å². The number of rotatable bonds is 4. The lowest BCUT2D eigenvalue weighted by molar-refractivity contribution is -0.154. The topological polar surface area (TPSA) is 163 Å². The highest BCUT2D eigenvalue weighted by Gasteiger charge is 2.63. The molecule has 0 bridgehead atoms. The van der Waals surface area contributed by atoms with Crippen molar-refractivity contribution in [2.24, 2.45) is 0 Å². The smallest absolute Gasteiger partial charge is 0.246 e. The molecule has 8 aliphatic heterocycles. The first kappa shape index (κ1) is 45.0. The molecule has 1 N–H and O–H groups in total. The van der Waals surface area contributed by atoms with Gasteiger partial charge >= 0.3 is 0 Å². The second-order valence-electron chi connectivity index (χ2n) is 21.9. The number of nitrogens with one attached hydrogen (secondary N) is 1. The van der Waals surface area contributed by atoms with Gasteiger partial charge < -0.3 is 39.1 Å². The Morgan fingerprint density at radius 3 is 1.26 bits per heavy atom. The van der Waals surface area contributed by atoms with Crippen LogP contribution in [0.25, 0.3) is 0 Å². The Hall–Kier alpha value is -3.57. The molecular formula is C45H72N8O8Si. The predicted octanol–water partition coefficient (Wildman–Crippen LogP) is 2.30. The van der Waals surface area contributed by atoms with Gasteiger partial charge in [-0.3, -0.25) is 38.5 Å². The molecule has 7 amide bonds. The van der Waals surface area contributed by atoms with Crippen molar-refractivity contribution in [3.63, 3.8) is 0 Å². The van der Waals surface area contributed by atoms with Gasteiger partial charge in [-0.2, -0.15) is 0 Å². The number of carbonyl (C=O) groups excluding carboxylic acids is 7. The third-order valence-corrected chi connectivity index (χ3v) is 20.3. The summed E-state index contributed by atoms with van der Waals surface area (Å²) in [6.45, 7) is 19.2. The molecule has 8 fully saturated rings. The van der Waals surface area contributed by atoms with E-state index in [0.717, 1.165) is 0 Å². The summed E-state index contributed by atoms with van der Waals surface area (Å²) in [6, 6.07) is -6.39. The molecule has 17 heteroatoms. The number of amides is 7. The van der Waals surface area contributed by atoms with Gasteiger partial charge in [0.1, 0.15) is 36.3 Å². The second-order valence-corrected chi connectivity index (χ2v) is 26.7. The van der Waals surface area contributed by atoms with E-state index in [0.29, 0.717) is 116 Å². The Morgan fingerprint density at radius 2 is 0.887 bits per heavy atom. The van der Waals surface area contributed by atoms with Crippen LogP contribution < -0.4 is 5.32 Å². The highest BCUT2D eigenvalue weighted by atomic mass is 28.4. The normalized spacial score (nSPS) is 34.2. The largest absolute Gasteiger partial charge is 0.415 e. The van der Waals surface area contributed by atoms with Crippen LogP contribution in [0.2, 0.25) is 18.1 Å². The van der Waals surface area contributed by atoms with Crippen molar-refractivity contribution in [2.45, 2.75) is 197 Å². The summed E-state index contributed by atoms with van der Waals surface area (Å²) >= 11 is 0. The average molecular weight is 881 g/mol. The van der Waals surface area contributed by atoms with E-state index < -0.39 is 68.2 Å². The molecule has 8 aliphatic rings. The Labute approximate surface area is 368 Å². The molecule has 16 nitrogen and oxygen atoms in total. The van der Waals surface area contributed by atoms with Gasteiger partial charge in [0.05, 0.1) is 24.7 Å². The molecule has 0 aromatic rings. The van der Waals surface area contributed by atoms with Crippen molar-refractivity contribution >= 4 is 49.7 Å². The first-order valence-corrected chi connectivity index (χ1v) is 26.7. The Balaban J connectivity index is 1.20. The molecule has 8 saturated heterocycles. The maximum atomic E-state index is 15.2. The number of hydrogen-bond acceptors (Lipinski definition) is 9. The fraction of sp³-hybridized carbons (Fsp3) is 0.844. The van der Waals surface area contributed by atoms with E-state index in [1.54, 1.807) is 29.4 Å². The first-order valence-electron chi connectivity index (χ1n) is 23.8. The van der Waals surface area contributed by atoms with E-state index in [9.17, 15) is 24.0 Å². The molecule has 0 unspecified atom stereocenters. The van der Waals surface area contributed by atoms with Crippen molar-refractivity contribution in [3.8, 4) is 0 Å². The van der Waals surface area contributed by atoms with Crippen LogP contribution in [-0.2, 0) is 38.0 Å². The molecule has 0 saturated carbocycles. The van der Waals surface area contributed by atoms with E-state index >= 15 is 9.59 Å². The summed E-state index contributed by atoms with van der Waals surface area (Å²) in [7, 11) is -2.32. The van der Waals surface area contributed by atoms with Crippen molar-refractivity contribution in [1.29, 1.82) is 0 Å². The zero-order valence-corrected chi connectivity index (χ0v) is 39.5. The third-order valence-electron chi connectivity index (χ3n) is 15.8. The summed E-state index contributed by atoms with van der Waals surface area (Å²) in [5.74, 6) is -1.69. The van der Waals surface area contributed by atoms with E-state index in [4.69, 9.17) is 4.43 Å². The van der Waals surface area contributed by atoms with E-state index in [-0.39, 0.29) is 53.0 Å². The van der Waals surface area contributed by atoms with Crippen LogP contribution in [0.1, 0.15) is 119 Å². The minimum Gasteiger partial charge on any atom is -0.415 e. The summed E-state index contributed by atoms with van der Waals surface area (Å²) in [4.78, 5) is 116. The van der Waals surface area contributed by atoms with Crippen molar-refractivity contribution in [3.05, 3.63) is 0 Å². The van der Waals surface area contributed by atoms with Gasteiger partial charge in [0, 0.05) is 38.3 Å². The van der Waals surface area contributed by atoms with Crippen LogP contribution in [0.4, 0.5) is 0 Å². The SMILES string of the molecule is CC(C)(C)NC(=O)[C@@H]1[C@@H]2[C@@H](CO[Si](C)(C)C(C)(C)C)N2C(=O)[C@@H]2CCCN2C(=O)[C@@H]2CCCN2C(=O)[C@@H]2CCCN2C(=O)[C@@H]2CCCN2C(=O)[C@@H]2CCCN2C(=O)[C@@H]2CCCN12. The maximum Gasteiger partial charge on any atom is 0.246 e. The van der Waals surface area contributed by atoms with Crippen molar-refractivity contribution in [1.82, 2.24) is 39.6 Å². The number of hydrogen-bond donors (Lipinski definition) is 1. The van der Waals surface area contributed by atoms with Crippen LogP contribution in [0.5, 0.6) is 0 Å². The summed E-state index contributed by atoms with van der Waals surface area (Å²) in [5, 5.41) is 3.09. The minimum atomic E-state index is -2.32. The fourth-order valence-electron chi connectivity index (χ4n) is 11.6. The molecule has 344 valence electrons. The van der Waals surface area contributed by atoms with E-state index in [1.807, 2.05) is 25.7 Å². The highest BCUT2D eigenvalue weighted by Crippen LogP contribution is 2.43. The molecule has 8 heterocycles. The molecule has 9 atom stereocenters. The van der Waals surface area contributed by atoms with Gasteiger partial charge in [-0.25, -0.2) is 0 Å². The average Bonchev–Trinajstić information content (AvgIpc) is 4.00. The Bertz CT molecular complexity index is 1830. The lowest BCUT2D eigenvalue weighted by Gasteiger charge is -2.38. The molecule has 62 heavy (non-hydrogen) atoms. The quantitative estimate of drug-likeness (QED) is 0.330. The number of nitrogens with zero attached hydrogens (tertiary/aromatic N) is 7. The van der Waals surface area contributed by atoms with E-state index in [1.165, 1.54) is 0 Å². The lowest BCUT2D eigenvalue weighted by atomic mass is 10.0. The zero-order chi connectivity index (χ0) is 44.6. The summed E-state index contributed by atoms with van der Waals surface area (Å²) in [5.41, 5.74) is -0.611. The fourth-order valence-corrected chi connectivity index (χ4v) is 12.6. The molecule has 0 radical (unpaired) electrons. The van der Waals surface area contributed by atoms with Crippen LogP contribution >= 0.6 is 0 Å². The minimum absolute atomic E-state index is 0.108. The second kappa shape index (κ2) is 16.8. The summed E-state index contributed by atoms with van der Waals surface area (Å²) < 4.78 is 6.82. The van der Waals surface area contributed by atoms with E-state index in [2.05, 4.69) is 39.2 Å². The Morgan fingerprint density at radius 1 is 0.548 bits per heavy atom.